The standard InChI is InChI=1S/C54H34N2O2/c1-2-12-38(13-3-1)56-47-19-7-4-14-42(47)46-34-37(28-33-48(46)56)35-24-29-39(30-25-35)55(49-20-11-23-52-53(49)45-16-6-9-22-51(45)57-52)40-31-26-36(27-32-40)41-17-10-18-44-43-15-5-8-21-50(43)58-54(41)44/h1-34H. The molecule has 272 valence electrons. The molecule has 12 rings (SSSR count). The summed E-state index contributed by atoms with van der Waals surface area (Å²) in [7, 11) is 0. The molecule has 4 heteroatoms. The average Bonchev–Trinajstić information content (AvgIpc) is 3.97. The Morgan fingerprint density at radius 1 is 0.362 bits per heavy atom. The Labute approximate surface area is 334 Å². The van der Waals surface area contributed by atoms with Crippen LogP contribution in [0.4, 0.5) is 17.1 Å². The number of hydrogen-bond donors (Lipinski definition) is 0. The zero-order valence-electron chi connectivity index (χ0n) is 31.3. The second-order valence-electron chi connectivity index (χ2n) is 14.9. The first-order valence-corrected chi connectivity index (χ1v) is 19.7. The van der Waals surface area contributed by atoms with E-state index < -0.39 is 0 Å². The predicted octanol–water partition coefficient (Wildman–Crippen LogP) is 15.4. The maximum Gasteiger partial charge on any atom is 0.143 e. The first-order chi connectivity index (χ1) is 28.8. The van der Waals surface area contributed by atoms with Crippen LogP contribution in [0.15, 0.2) is 215 Å². The quantitative estimate of drug-likeness (QED) is 0.170. The molecular weight excluding hydrogens is 709 g/mol. The van der Waals surface area contributed by atoms with Gasteiger partial charge in [0.2, 0.25) is 0 Å². The molecule has 58 heavy (non-hydrogen) atoms. The van der Waals surface area contributed by atoms with Crippen LogP contribution in [0.1, 0.15) is 0 Å². The van der Waals surface area contributed by atoms with Crippen LogP contribution in [0.25, 0.3) is 93.6 Å². The maximum atomic E-state index is 6.43. The van der Waals surface area contributed by atoms with Crippen molar-refractivity contribution in [3.05, 3.63) is 206 Å². The van der Waals surface area contributed by atoms with E-state index in [1.165, 1.54) is 27.4 Å². The molecule has 0 saturated carbocycles. The molecule has 0 atom stereocenters. The molecule has 12 aromatic rings. The maximum absolute atomic E-state index is 6.43. The minimum Gasteiger partial charge on any atom is -0.456 e. The third-order valence-electron chi connectivity index (χ3n) is 11.6. The van der Waals surface area contributed by atoms with Crippen molar-refractivity contribution in [1.29, 1.82) is 0 Å². The van der Waals surface area contributed by atoms with Gasteiger partial charge in [-0.3, -0.25) is 0 Å². The number of hydrogen-bond acceptors (Lipinski definition) is 3. The van der Waals surface area contributed by atoms with Crippen molar-refractivity contribution in [3.63, 3.8) is 0 Å². The molecule has 3 heterocycles. The van der Waals surface area contributed by atoms with Gasteiger partial charge in [0.25, 0.3) is 0 Å². The lowest BCUT2D eigenvalue weighted by Gasteiger charge is -2.26. The van der Waals surface area contributed by atoms with Crippen LogP contribution >= 0.6 is 0 Å². The Hall–Kier alpha value is -7.82. The van der Waals surface area contributed by atoms with Crippen LogP contribution in [0, 0.1) is 0 Å². The molecule has 0 radical (unpaired) electrons. The number of furan rings is 2. The van der Waals surface area contributed by atoms with Crippen LogP contribution < -0.4 is 4.90 Å². The summed E-state index contributed by atoms with van der Waals surface area (Å²) in [4.78, 5) is 2.34. The molecule has 0 aliphatic carbocycles. The van der Waals surface area contributed by atoms with Gasteiger partial charge < -0.3 is 18.3 Å². The highest BCUT2D eigenvalue weighted by Gasteiger charge is 2.21. The van der Waals surface area contributed by atoms with Crippen molar-refractivity contribution in [1.82, 2.24) is 4.57 Å². The van der Waals surface area contributed by atoms with Crippen molar-refractivity contribution in [2.24, 2.45) is 0 Å². The Balaban J connectivity index is 0.984. The minimum atomic E-state index is 0.858. The van der Waals surface area contributed by atoms with Gasteiger partial charge in [0.15, 0.2) is 0 Å². The summed E-state index contributed by atoms with van der Waals surface area (Å²) in [6, 6.07) is 73.2. The van der Waals surface area contributed by atoms with Gasteiger partial charge in [-0.15, -0.1) is 0 Å². The molecule has 0 fully saturated rings. The van der Waals surface area contributed by atoms with Crippen LogP contribution in [0.3, 0.4) is 0 Å². The first-order valence-electron chi connectivity index (χ1n) is 19.7. The number of fused-ring (bicyclic) bond motifs is 9. The van der Waals surface area contributed by atoms with Crippen LogP contribution in [-0.2, 0) is 0 Å². The number of para-hydroxylation sites is 5. The average molecular weight is 743 g/mol. The number of aromatic nitrogens is 1. The molecule has 9 aromatic carbocycles. The van der Waals surface area contributed by atoms with Gasteiger partial charge in [-0.1, -0.05) is 127 Å². The highest BCUT2D eigenvalue weighted by Crippen LogP contribution is 2.44. The second-order valence-corrected chi connectivity index (χ2v) is 14.9. The lowest BCUT2D eigenvalue weighted by Crippen LogP contribution is -2.10. The first kappa shape index (κ1) is 32.4. The molecule has 3 aromatic heterocycles. The minimum absolute atomic E-state index is 0.858. The molecule has 0 spiro atoms. The van der Waals surface area contributed by atoms with Gasteiger partial charge in [-0.25, -0.2) is 0 Å². The molecule has 4 nitrogen and oxygen atoms in total. The van der Waals surface area contributed by atoms with E-state index in [4.69, 9.17) is 8.83 Å². The number of rotatable bonds is 6. The molecule has 0 bridgehead atoms. The molecule has 0 amide bonds. The van der Waals surface area contributed by atoms with Gasteiger partial charge in [0.05, 0.1) is 22.1 Å². The van der Waals surface area contributed by atoms with Gasteiger partial charge in [-0.05, 0) is 95.6 Å². The molecule has 0 unspecified atom stereocenters. The topological polar surface area (TPSA) is 34.5 Å². The highest BCUT2D eigenvalue weighted by atomic mass is 16.3. The van der Waals surface area contributed by atoms with E-state index in [0.29, 0.717) is 0 Å². The SMILES string of the molecule is c1ccc(-n2c3ccccc3c3cc(-c4ccc(N(c5ccc(-c6cccc7c6oc6ccccc67)cc5)c5cccc6oc7ccccc7c56)cc4)ccc32)cc1. The van der Waals surface area contributed by atoms with Gasteiger partial charge in [0.1, 0.15) is 22.3 Å². The number of benzene rings is 9. The van der Waals surface area contributed by atoms with Crippen molar-refractivity contribution in [3.8, 4) is 27.9 Å². The highest BCUT2D eigenvalue weighted by molar-refractivity contribution is 6.14. The van der Waals surface area contributed by atoms with Crippen LogP contribution in [-0.4, -0.2) is 4.57 Å². The molecule has 0 saturated heterocycles. The van der Waals surface area contributed by atoms with Crippen LogP contribution in [0.2, 0.25) is 0 Å². The monoisotopic (exact) mass is 742 g/mol. The van der Waals surface area contributed by atoms with Crippen molar-refractivity contribution in [2.45, 2.75) is 0 Å². The lowest BCUT2D eigenvalue weighted by atomic mass is 10.0. The normalized spacial score (nSPS) is 11.8. The van der Waals surface area contributed by atoms with E-state index in [-0.39, 0.29) is 0 Å². The van der Waals surface area contributed by atoms with E-state index in [9.17, 15) is 0 Å². The fraction of sp³-hybridized carbons (Fsp3) is 0. The molecule has 0 aliphatic heterocycles. The second kappa shape index (κ2) is 12.9. The van der Waals surface area contributed by atoms with Crippen molar-refractivity contribution < 1.29 is 8.83 Å². The zero-order chi connectivity index (χ0) is 38.2. The summed E-state index contributed by atoms with van der Waals surface area (Å²) in [6.07, 6.45) is 0. The van der Waals surface area contributed by atoms with E-state index in [1.807, 2.05) is 24.3 Å². The van der Waals surface area contributed by atoms with Gasteiger partial charge in [-0.2, -0.15) is 0 Å². The third kappa shape index (κ3) is 5.02. The van der Waals surface area contributed by atoms with E-state index in [0.717, 1.165) is 83.3 Å². The van der Waals surface area contributed by atoms with Gasteiger partial charge in [0, 0.05) is 49.6 Å². The summed E-state index contributed by atoms with van der Waals surface area (Å²) in [6.45, 7) is 0. The van der Waals surface area contributed by atoms with Crippen molar-refractivity contribution in [2.75, 3.05) is 4.90 Å². The number of nitrogens with zero attached hydrogens (tertiary/aromatic N) is 2. The summed E-state index contributed by atoms with van der Waals surface area (Å²) < 4.78 is 15.2. The zero-order valence-corrected chi connectivity index (χ0v) is 31.3. The Morgan fingerprint density at radius 3 is 1.74 bits per heavy atom. The smallest absolute Gasteiger partial charge is 0.143 e. The van der Waals surface area contributed by atoms with Crippen LogP contribution in [0.5, 0.6) is 0 Å². The van der Waals surface area contributed by atoms with Gasteiger partial charge >= 0.3 is 0 Å². The summed E-state index contributed by atoms with van der Waals surface area (Å²) in [5.74, 6) is 0. The largest absolute Gasteiger partial charge is 0.456 e. The van der Waals surface area contributed by atoms with E-state index in [2.05, 4.69) is 191 Å². The summed E-state index contributed by atoms with van der Waals surface area (Å²) in [5.41, 5.74) is 14.7. The Bertz CT molecular complexity index is 3500. The fourth-order valence-electron chi connectivity index (χ4n) is 8.94. The molecule has 0 aliphatic rings. The third-order valence-corrected chi connectivity index (χ3v) is 11.6. The van der Waals surface area contributed by atoms with Crippen molar-refractivity contribution >= 4 is 82.7 Å². The number of anilines is 3. The van der Waals surface area contributed by atoms with E-state index >= 15 is 0 Å². The Morgan fingerprint density at radius 2 is 0.948 bits per heavy atom. The Kier molecular flexibility index (Phi) is 7.20. The van der Waals surface area contributed by atoms with E-state index in [1.54, 1.807) is 0 Å². The lowest BCUT2D eigenvalue weighted by molar-refractivity contribution is 0.669. The predicted molar refractivity (Wildman–Crippen MR) is 241 cm³/mol. The summed E-state index contributed by atoms with van der Waals surface area (Å²) >= 11 is 0. The molecule has 0 N–H and O–H groups in total. The fourth-order valence-corrected chi connectivity index (χ4v) is 8.94. The molecular formula is C54H34N2O2. The summed E-state index contributed by atoms with van der Waals surface area (Å²) in [5, 5.41) is 6.90.